The van der Waals surface area contributed by atoms with Crippen molar-refractivity contribution in [1.29, 1.82) is 0 Å². The first-order chi connectivity index (χ1) is 7.41. The Morgan fingerprint density at radius 3 is 1.88 bits per heavy atom. The van der Waals surface area contributed by atoms with Crippen LogP contribution in [0.5, 0.6) is 0 Å². The van der Waals surface area contributed by atoms with Crippen molar-refractivity contribution in [2.45, 2.75) is 32.1 Å². The molecule has 1 fully saturated rings. The minimum atomic E-state index is -0.948. The van der Waals surface area contributed by atoms with Crippen LogP contribution in [0.25, 0.3) is 0 Å². The first-order valence-electron chi connectivity index (χ1n) is 4.68. The summed E-state index contributed by atoms with van der Waals surface area (Å²) in [6, 6.07) is 0. The summed E-state index contributed by atoms with van der Waals surface area (Å²) in [5, 5.41) is 18.6. The van der Waals surface area contributed by atoms with Gasteiger partial charge in [-0.3, -0.25) is 14.4 Å². The Hall–Kier alpha value is -1.50. The van der Waals surface area contributed by atoms with Gasteiger partial charge in [0.05, 0.1) is 4.99 Å². The summed E-state index contributed by atoms with van der Waals surface area (Å²) >= 11 is 4.66. The predicted octanol–water partition coefficient (Wildman–Crippen LogP) is 0.550. The number of aliphatic carboxylic acids is 2. The highest BCUT2D eigenvalue weighted by molar-refractivity contribution is 7.80. The summed E-state index contributed by atoms with van der Waals surface area (Å²) in [4.78, 5) is 30.5. The average molecular weight is 247 g/mol. The van der Waals surface area contributed by atoms with E-state index in [9.17, 15) is 14.4 Å². The maximum atomic E-state index is 10.3. The van der Waals surface area contributed by atoms with Crippen LogP contribution in [-0.2, 0) is 14.4 Å². The van der Waals surface area contributed by atoms with Crippen molar-refractivity contribution in [2.75, 3.05) is 0 Å². The van der Waals surface area contributed by atoms with Crippen LogP contribution in [0, 0.1) is 0 Å². The largest absolute Gasteiger partial charge is 0.481 e. The van der Waals surface area contributed by atoms with Crippen LogP contribution in [-0.4, -0.2) is 33.0 Å². The first-order valence-corrected chi connectivity index (χ1v) is 5.09. The number of nitrogens with one attached hydrogen (secondary N) is 1. The molecule has 0 aromatic carbocycles. The molecule has 0 saturated carbocycles. The molecule has 0 aromatic heterocycles. The number of carboxylic acids is 2. The summed E-state index contributed by atoms with van der Waals surface area (Å²) in [6.07, 6.45) is 1.41. The predicted molar refractivity (Wildman–Crippen MR) is 59.1 cm³/mol. The molecule has 0 spiro atoms. The van der Waals surface area contributed by atoms with Gasteiger partial charge >= 0.3 is 11.9 Å². The third-order valence-corrected chi connectivity index (χ3v) is 1.95. The van der Waals surface area contributed by atoms with Crippen LogP contribution in [0.2, 0.25) is 0 Å². The molecular weight excluding hydrogens is 234 g/mol. The molecule has 1 amide bonds. The van der Waals surface area contributed by atoms with E-state index in [1.165, 1.54) is 0 Å². The second-order valence-corrected chi connectivity index (χ2v) is 3.61. The van der Waals surface area contributed by atoms with Crippen LogP contribution in [0.15, 0.2) is 0 Å². The molecule has 0 unspecified atom stereocenters. The number of thiocarbonyl (C=S) groups is 1. The van der Waals surface area contributed by atoms with Gasteiger partial charge in [0, 0.05) is 25.7 Å². The van der Waals surface area contributed by atoms with Gasteiger partial charge in [0.2, 0.25) is 5.91 Å². The van der Waals surface area contributed by atoms with Gasteiger partial charge in [0.25, 0.3) is 0 Å². The lowest BCUT2D eigenvalue weighted by molar-refractivity contribution is -0.138. The molecule has 90 valence electrons. The molecule has 16 heavy (non-hydrogen) atoms. The van der Waals surface area contributed by atoms with Gasteiger partial charge in [-0.15, -0.1) is 0 Å². The molecule has 1 aliphatic heterocycles. The highest BCUT2D eigenvalue weighted by Gasteiger charge is 2.12. The molecule has 6 nitrogen and oxygen atoms in total. The summed E-state index contributed by atoms with van der Waals surface area (Å²) in [5.74, 6) is -1.84. The zero-order chi connectivity index (χ0) is 12.6. The Morgan fingerprint density at radius 1 is 1.19 bits per heavy atom. The van der Waals surface area contributed by atoms with E-state index in [4.69, 9.17) is 10.2 Å². The van der Waals surface area contributed by atoms with Crippen molar-refractivity contribution in [2.24, 2.45) is 0 Å². The van der Waals surface area contributed by atoms with Crippen LogP contribution in [0.3, 0.4) is 0 Å². The van der Waals surface area contributed by atoms with Gasteiger partial charge in [0.15, 0.2) is 0 Å². The fourth-order valence-electron chi connectivity index (χ4n) is 0.898. The van der Waals surface area contributed by atoms with Crippen molar-refractivity contribution >= 4 is 35.1 Å². The Bertz CT molecular complexity index is 274. The summed E-state index contributed by atoms with van der Waals surface area (Å²) < 4.78 is 0. The SMILES string of the molecule is O=C(O)CCCC(=O)O.O=C1CCC(=S)N1. The number of hydrogen-bond donors (Lipinski definition) is 3. The Kier molecular flexibility index (Phi) is 7.02. The number of carbonyl (C=O) groups excluding carboxylic acids is 1. The number of amides is 1. The molecule has 7 heteroatoms. The minimum absolute atomic E-state index is 0.0602. The highest BCUT2D eigenvalue weighted by atomic mass is 32.1. The average Bonchev–Trinajstić information content (AvgIpc) is 2.49. The molecule has 3 N–H and O–H groups in total. The Labute approximate surface area is 97.6 Å². The molecule has 1 aliphatic rings. The standard InChI is InChI=1S/C5H8O4.C4H5NOS/c6-4(7)2-1-3-5(8)9;6-3-1-2-4(7)5-3/h1-3H2,(H,6,7)(H,8,9);1-2H2,(H,5,6,7). The number of rotatable bonds is 4. The lowest BCUT2D eigenvalue weighted by Crippen LogP contribution is -2.17. The molecule has 0 atom stereocenters. The quantitative estimate of drug-likeness (QED) is 0.627. The van der Waals surface area contributed by atoms with Crippen LogP contribution < -0.4 is 5.32 Å². The van der Waals surface area contributed by atoms with E-state index in [0.717, 1.165) is 6.42 Å². The number of hydrogen-bond acceptors (Lipinski definition) is 4. The fraction of sp³-hybridized carbons (Fsp3) is 0.556. The van der Waals surface area contributed by atoms with E-state index in [1.54, 1.807) is 0 Å². The van der Waals surface area contributed by atoms with Gasteiger partial charge in [0.1, 0.15) is 0 Å². The molecule has 0 aromatic rings. The van der Waals surface area contributed by atoms with Crippen molar-refractivity contribution in [3.05, 3.63) is 0 Å². The molecule has 0 aliphatic carbocycles. The maximum Gasteiger partial charge on any atom is 0.303 e. The molecule has 1 heterocycles. The molecule has 0 bridgehead atoms. The lowest BCUT2D eigenvalue weighted by atomic mass is 10.2. The Balaban J connectivity index is 0.000000288. The van der Waals surface area contributed by atoms with E-state index in [1.807, 2.05) is 0 Å². The van der Waals surface area contributed by atoms with Crippen molar-refractivity contribution in [3.8, 4) is 0 Å². The highest BCUT2D eigenvalue weighted by Crippen LogP contribution is 1.98. The molecule has 1 rings (SSSR count). The summed E-state index contributed by atoms with van der Waals surface area (Å²) in [7, 11) is 0. The van der Waals surface area contributed by atoms with Crippen LogP contribution in [0.4, 0.5) is 0 Å². The van der Waals surface area contributed by atoms with Gasteiger partial charge in [-0.25, -0.2) is 0 Å². The Morgan fingerprint density at radius 2 is 1.69 bits per heavy atom. The summed E-state index contributed by atoms with van der Waals surface area (Å²) in [5.41, 5.74) is 0. The zero-order valence-corrected chi connectivity index (χ0v) is 9.38. The third-order valence-electron chi connectivity index (χ3n) is 1.64. The zero-order valence-electron chi connectivity index (χ0n) is 8.56. The molecule has 0 radical (unpaired) electrons. The third kappa shape index (κ3) is 9.07. The topological polar surface area (TPSA) is 104 Å². The number of carboxylic acid groups (broad SMARTS) is 2. The van der Waals surface area contributed by atoms with Crippen LogP contribution >= 0.6 is 12.2 Å². The normalized spacial score (nSPS) is 13.8. The second kappa shape index (κ2) is 7.75. The number of carbonyl (C=O) groups is 3. The van der Waals surface area contributed by atoms with Gasteiger partial charge in [-0.05, 0) is 6.42 Å². The second-order valence-electron chi connectivity index (χ2n) is 3.11. The monoisotopic (exact) mass is 247 g/mol. The summed E-state index contributed by atoms with van der Waals surface area (Å²) in [6.45, 7) is 0. The fourth-order valence-corrected chi connectivity index (χ4v) is 1.11. The lowest BCUT2D eigenvalue weighted by Gasteiger charge is -1.89. The van der Waals surface area contributed by atoms with E-state index in [0.29, 0.717) is 11.4 Å². The van der Waals surface area contributed by atoms with E-state index in [-0.39, 0.29) is 25.2 Å². The smallest absolute Gasteiger partial charge is 0.303 e. The van der Waals surface area contributed by atoms with Crippen molar-refractivity contribution in [3.63, 3.8) is 0 Å². The van der Waals surface area contributed by atoms with Gasteiger partial charge in [-0.1, -0.05) is 12.2 Å². The van der Waals surface area contributed by atoms with Gasteiger partial charge in [-0.2, -0.15) is 0 Å². The van der Waals surface area contributed by atoms with Crippen molar-refractivity contribution in [1.82, 2.24) is 5.32 Å². The van der Waals surface area contributed by atoms with Crippen LogP contribution in [0.1, 0.15) is 32.1 Å². The van der Waals surface area contributed by atoms with E-state index < -0.39 is 11.9 Å². The maximum absolute atomic E-state index is 10.3. The van der Waals surface area contributed by atoms with E-state index >= 15 is 0 Å². The van der Waals surface area contributed by atoms with E-state index in [2.05, 4.69) is 17.5 Å². The minimum Gasteiger partial charge on any atom is -0.481 e. The molecular formula is C9H13NO5S. The molecule has 1 saturated heterocycles. The van der Waals surface area contributed by atoms with Gasteiger partial charge < -0.3 is 15.5 Å². The van der Waals surface area contributed by atoms with Crippen molar-refractivity contribution < 1.29 is 24.6 Å². The first kappa shape index (κ1) is 14.5.